The Morgan fingerprint density at radius 2 is 1.64 bits per heavy atom. The summed E-state index contributed by atoms with van der Waals surface area (Å²) < 4.78 is 44.8. The third-order valence-electron chi connectivity index (χ3n) is 5.70. The van der Waals surface area contributed by atoms with E-state index < -0.39 is 63.4 Å². The van der Waals surface area contributed by atoms with Crippen LogP contribution in [-0.4, -0.2) is 99.3 Å². The Kier molecular flexibility index (Phi) is 24.8. The molecule has 0 bridgehead atoms. The number of nitrogens with zero attached hydrogens (tertiary/aromatic N) is 2. The van der Waals surface area contributed by atoms with Gasteiger partial charge in [-0.15, -0.1) is 0 Å². The molecule has 5 atom stereocenters. The first-order valence-electron chi connectivity index (χ1n) is 15.4. The van der Waals surface area contributed by atoms with Crippen molar-refractivity contribution in [3.63, 3.8) is 0 Å². The van der Waals surface area contributed by atoms with Crippen molar-refractivity contribution in [1.82, 2.24) is 5.09 Å². The number of hydrogen-bond acceptors (Lipinski definition) is 15. The average Bonchev–Trinajstić information content (AvgIpc) is 3.01. The van der Waals surface area contributed by atoms with Crippen LogP contribution >= 0.6 is 7.75 Å². The maximum absolute atomic E-state index is 13.7. The normalized spacial score (nSPS) is 16.8. The van der Waals surface area contributed by atoms with Crippen LogP contribution in [0.3, 0.4) is 0 Å². The Morgan fingerprint density at radius 1 is 1.02 bits per heavy atom. The van der Waals surface area contributed by atoms with E-state index in [0.29, 0.717) is 6.42 Å². The van der Waals surface area contributed by atoms with Crippen LogP contribution in [-0.2, 0) is 42.1 Å². The minimum atomic E-state index is -4.42. The van der Waals surface area contributed by atoms with Crippen molar-refractivity contribution in [3.05, 3.63) is 23.3 Å². The van der Waals surface area contributed by atoms with Gasteiger partial charge in [0.2, 0.25) is 5.90 Å². The van der Waals surface area contributed by atoms with Crippen LogP contribution in [0, 0.1) is 5.92 Å². The Labute approximate surface area is 279 Å². The van der Waals surface area contributed by atoms with Crippen molar-refractivity contribution >= 4 is 31.8 Å². The minimum Gasteiger partial charge on any atom is -0.479 e. The molecule has 7 N–H and O–H groups in total. The lowest BCUT2D eigenvalue weighted by atomic mass is 10.0. The molecule has 47 heavy (non-hydrogen) atoms. The number of rotatable bonds is 21. The number of ether oxygens (including phenoxy) is 4. The third-order valence-corrected chi connectivity index (χ3v) is 7.29. The number of methoxy groups -OCH3 is 3. The molecule has 0 aliphatic rings. The van der Waals surface area contributed by atoms with Gasteiger partial charge in [-0.2, -0.15) is 4.99 Å². The van der Waals surface area contributed by atoms with E-state index in [1.165, 1.54) is 20.4 Å². The van der Waals surface area contributed by atoms with Gasteiger partial charge >= 0.3 is 19.7 Å². The molecule has 0 aromatic carbocycles. The molecule has 0 aromatic rings. The predicted octanol–water partition coefficient (Wildman–Crippen LogP) is 2.93. The number of esters is 2. The highest BCUT2D eigenvalue weighted by atomic mass is 31.2. The predicted molar refractivity (Wildman–Crippen MR) is 180 cm³/mol. The van der Waals surface area contributed by atoms with Gasteiger partial charge in [0.25, 0.3) is 0 Å². The van der Waals surface area contributed by atoms with Gasteiger partial charge in [-0.05, 0) is 45.6 Å². The molecule has 0 aliphatic heterocycles. The molecule has 0 heterocycles. The van der Waals surface area contributed by atoms with Gasteiger partial charge in [0.1, 0.15) is 29.8 Å². The van der Waals surface area contributed by atoms with Gasteiger partial charge in [0.15, 0.2) is 6.61 Å². The maximum atomic E-state index is 13.7. The Morgan fingerprint density at radius 3 is 2.11 bits per heavy atom. The molecule has 0 aromatic heterocycles. The maximum Gasteiger partial charge on any atom is 0.406 e. The van der Waals surface area contributed by atoms with E-state index in [1.54, 1.807) is 26.8 Å². The molecule has 0 spiro atoms. The van der Waals surface area contributed by atoms with E-state index >= 15 is 0 Å². The summed E-state index contributed by atoms with van der Waals surface area (Å²) in [5.74, 6) is -1.33. The summed E-state index contributed by atoms with van der Waals surface area (Å²) in [6.45, 7) is 13.1. The second-order valence-electron chi connectivity index (χ2n) is 10.5. The molecular weight excluding hydrogens is 637 g/mol. The molecule has 3 unspecified atom stereocenters. The number of aliphatic hydroxyl groups is 2. The zero-order chi connectivity index (χ0) is 36.7. The van der Waals surface area contributed by atoms with Crippen molar-refractivity contribution in [3.8, 4) is 0 Å². The fourth-order valence-electron chi connectivity index (χ4n) is 3.50. The average molecular weight is 696 g/mol. The third kappa shape index (κ3) is 19.5. The molecule has 16 nitrogen and oxygen atoms in total. The summed E-state index contributed by atoms with van der Waals surface area (Å²) in [7, 11) is -0.696. The van der Waals surface area contributed by atoms with Crippen LogP contribution in [0.2, 0.25) is 0 Å². The highest BCUT2D eigenvalue weighted by molar-refractivity contribution is 7.51. The second kappa shape index (κ2) is 25.2. The van der Waals surface area contributed by atoms with Crippen LogP contribution < -0.4 is 16.6 Å². The molecular formula is C30H58N5O11P. The van der Waals surface area contributed by atoms with Crippen molar-refractivity contribution < 1.29 is 52.4 Å². The number of nitrogens with one attached hydrogen (secondary N) is 1. The minimum absolute atomic E-state index is 0.0311. The smallest absolute Gasteiger partial charge is 0.406 e. The zero-order valence-corrected chi connectivity index (χ0v) is 30.6. The molecule has 0 aliphatic carbocycles. The summed E-state index contributed by atoms with van der Waals surface area (Å²) in [4.78, 5) is 32.9. The van der Waals surface area contributed by atoms with Gasteiger partial charge in [-0.1, -0.05) is 34.6 Å². The molecule has 274 valence electrons. The van der Waals surface area contributed by atoms with Crippen LogP contribution in [0.4, 0.5) is 0 Å². The summed E-state index contributed by atoms with van der Waals surface area (Å²) in [5, 5.41) is 24.0. The van der Waals surface area contributed by atoms with E-state index in [4.69, 9.17) is 34.7 Å². The van der Waals surface area contributed by atoms with Gasteiger partial charge in [0.05, 0.1) is 33.0 Å². The first kappa shape index (κ1) is 46.3. The van der Waals surface area contributed by atoms with Crippen molar-refractivity contribution in [2.75, 3.05) is 34.5 Å². The molecule has 0 saturated carbocycles. The van der Waals surface area contributed by atoms with Crippen molar-refractivity contribution in [1.29, 1.82) is 0 Å². The Bertz CT molecular complexity index is 1090. The van der Waals surface area contributed by atoms with E-state index in [1.807, 2.05) is 34.6 Å². The van der Waals surface area contributed by atoms with Crippen LogP contribution in [0.1, 0.15) is 74.7 Å². The largest absolute Gasteiger partial charge is 0.479 e. The lowest BCUT2D eigenvalue weighted by Crippen LogP contribution is -2.43. The van der Waals surface area contributed by atoms with Crippen molar-refractivity contribution in [2.45, 2.75) is 105 Å². The molecule has 0 fully saturated rings. The molecule has 17 heteroatoms. The fraction of sp³-hybridized carbons (Fsp3) is 0.733. The van der Waals surface area contributed by atoms with Gasteiger partial charge in [-0.25, -0.2) is 14.4 Å². The summed E-state index contributed by atoms with van der Waals surface area (Å²) in [5.41, 5.74) is 12.2. The number of aliphatic imine (C=N–C) groups is 2. The van der Waals surface area contributed by atoms with Gasteiger partial charge in [0, 0.05) is 25.4 Å². The highest BCUT2D eigenvalue weighted by Crippen LogP contribution is 2.45. The quantitative estimate of drug-likeness (QED) is 0.0503. The number of carbonyl (C=O) groups is 2. The Balaban J connectivity index is 0. The lowest BCUT2D eigenvalue weighted by Gasteiger charge is -2.29. The summed E-state index contributed by atoms with van der Waals surface area (Å²) in [6, 6.07) is -1.12. The van der Waals surface area contributed by atoms with Crippen LogP contribution in [0.5, 0.6) is 0 Å². The molecule has 0 amide bonds. The number of aliphatic hydroxyl groups excluding tert-OH is 2. The first-order chi connectivity index (χ1) is 22.0. The molecule has 0 saturated heterocycles. The number of carbonyl (C=O) groups excluding carboxylic acids is 2. The number of allylic oxidation sites excluding steroid dienone is 2. The van der Waals surface area contributed by atoms with E-state index in [-0.39, 0.29) is 41.9 Å². The van der Waals surface area contributed by atoms with E-state index in [2.05, 4.69) is 19.8 Å². The van der Waals surface area contributed by atoms with Crippen molar-refractivity contribution in [2.24, 2.45) is 27.4 Å². The standard InChI is InChI=1S/C28H52N5O11P.C2H6/c1-10-11-23(30)32-27(41-9)25(19(6)29)31-13-12-21(34)26(36)22(39-7)15-42-45(38,43-16-24(35)40-8)33-20(14-17(2)3)28(37)44-18(4)5;1-2/h11,13,17-18,20-22,26,34,36H,10,12,14-16,29-30H2,1-9H3,(H,33,38);1-2H3/b23-11+,25-19-,31-13?,32-27+;/t20-,21+,22?,26?,45?;/m0./s1. The molecule has 0 radical (unpaired) electrons. The summed E-state index contributed by atoms with van der Waals surface area (Å²) >= 11 is 0. The molecule has 0 rings (SSSR count). The second-order valence-corrected chi connectivity index (χ2v) is 12.3. The van der Waals surface area contributed by atoms with E-state index in [9.17, 15) is 24.4 Å². The van der Waals surface area contributed by atoms with Crippen LogP contribution in [0.15, 0.2) is 33.3 Å². The highest BCUT2D eigenvalue weighted by Gasteiger charge is 2.37. The first-order valence-corrected chi connectivity index (χ1v) is 17.0. The monoisotopic (exact) mass is 695 g/mol. The van der Waals surface area contributed by atoms with Gasteiger partial charge in [-0.3, -0.25) is 18.8 Å². The topological polar surface area (TPSA) is 236 Å². The fourth-order valence-corrected chi connectivity index (χ4v) is 4.93. The Hall–Kier alpha value is -2.85. The lowest BCUT2D eigenvalue weighted by molar-refractivity contribution is -0.150. The van der Waals surface area contributed by atoms with E-state index in [0.717, 1.165) is 7.11 Å². The SMILES string of the molecule is CC.CC/C=C(N)/N=C(OC)\C(N=CC[C@@H](O)C(O)C(COP(=O)(N[C@@H](CC(C)C)C(=O)OC(C)C)OCC(=O)OC)OC)=C(/C)N. The number of hydrogen-bond donors (Lipinski definition) is 5. The number of nitrogens with two attached hydrogens (primary N) is 2. The summed E-state index contributed by atoms with van der Waals surface area (Å²) in [6.07, 6.45) is -1.06. The zero-order valence-electron chi connectivity index (χ0n) is 29.7. The van der Waals surface area contributed by atoms with Crippen LogP contribution in [0.25, 0.3) is 0 Å². The van der Waals surface area contributed by atoms with Gasteiger partial charge < -0.3 is 40.6 Å².